The van der Waals surface area contributed by atoms with Crippen molar-refractivity contribution in [1.82, 2.24) is 10.3 Å². The minimum absolute atomic E-state index is 0.677. The predicted molar refractivity (Wildman–Crippen MR) is 70.4 cm³/mol. The summed E-state index contributed by atoms with van der Waals surface area (Å²) in [5.74, 6) is 1.79. The zero-order valence-corrected chi connectivity index (χ0v) is 10.7. The average molecular weight is 242 g/mol. The van der Waals surface area contributed by atoms with E-state index in [1.165, 1.54) is 12.8 Å². The summed E-state index contributed by atoms with van der Waals surface area (Å²) in [6.07, 6.45) is 2.47. The number of hydrogen-bond donors (Lipinski definition) is 1. The van der Waals surface area contributed by atoms with Gasteiger partial charge in [-0.1, -0.05) is 0 Å². The molecule has 0 aromatic carbocycles. The fourth-order valence-electron chi connectivity index (χ4n) is 3.10. The number of rotatable bonds is 1. The maximum atomic E-state index is 8.93. The van der Waals surface area contributed by atoms with Crippen molar-refractivity contribution in [2.75, 3.05) is 24.5 Å². The lowest BCUT2D eigenvalue weighted by molar-refractivity contribution is 0.375. The van der Waals surface area contributed by atoms with Crippen LogP contribution in [0, 0.1) is 24.2 Å². The first-order valence-corrected chi connectivity index (χ1v) is 6.64. The number of nitriles is 1. The van der Waals surface area contributed by atoms with Gasteiger partial charge in [0, 0.05) is 19.1 Å². The van der Waals surface area contributed by atoms with Gasteiger partial charge in [0.25, 0.3) is 0 Å². The molecule has 2 aliphatic heterocycles. The first kappa shape index (κ1) is 11.5. The molecule has 0 saturated carbocycles. The molecule has 1 aromatic heterocycles. The van der Waals surface area contributed by atoms with E-state index in [2.05, 4.69) is 21.3 Å². The molecule has 2 fully saturated rings. The minimum Gasteiger partial charge on any atom is -0.356 e. The van der Waals surface area contributed by atoms with Crippen LogP contribution in [0.15, 0.2) is 12.1 Å². The van der Waals surface area contributed by atoms with E-state index >= 15 is 0 Å². The molecule has 0 spiro atoms. The van der Waals surface area contributed by atoms with Gasteiger partial charge in [0.2, 0.25) is 0 Å². The number of fused-ring (bicyclic) bond motifs is 1. The fraction of sp³-hybridized carbons (Fsp3) is 0.571. The van der Waals surface area contributed by atoms with Gasteiger partial charge in [-0.3, -0.25) is 0 Å². The van der Waals surface area contributed by atoms with Gasteiger partial charge in [-0.2, -0.15) is 5.26 Å². The normalized spacial score (nSPS) is 26.8. The molecule has 2 atom stereocenters. The maximum Gasteiger partial charge on any atom is 0.128 e. The molecular weight excluding hydrogens is 224 g/mol. The second kappa shape index (κ2) is 4.58. The Labute approximate surface area is 108 Å². The summed E-state index contributed by atoms with van der Waals surface area (Å²) in [4.78, 5) is 6.93. The maximum absolute atomic E-state index is 8.93. The first-order chi connectivity index (χ1) is 8.78. The van der Waals surface area contributed by atoms with Gasteiger partial charge in [0.1, 0.15) is 11.9 Å². The molecular formula is C14H18N4. The zero-order valence-electron chi connectivity index (χ0n) is 10.7. The van der Waals surface area contributed by atoms with E-state index in [4.69, 9.17) is 5.26 Å². The number of nitrogens with zero attached hydrogens (tertiary/aromatic N) is 3. The number of piperidine rings is 1. The van der Waals surface area contributed by atoms with Crippen LogP contribution in [-0.2, 0) is 0 Å². The number of pyridine rings is 1. The van der Waals surface area contributed by atoms with Gasteiger partial charge in [0.15, 0.2) is 0 Å². The van der Waals surface area contributed by atoms with Crippen molar-refractivity contribution >= 4 is 5.82 Å². The molecule has 2 saturated heterocycles. The Morgan fingerprint density at radius 3 is 3.11 bits per heavy atom. The van der Waals surface area contributed by atoms with E-state index in [1.54, 1.807) is 0 Å². The van der Waals surface area contributed by atoms with E-state index in [0.29, 0.717) is 11.6 Å². The van der Waals surface area contributed by atoms with Crippen molar-refractivity contribution in [1.29, 1.82) is 5.26 Å². The molecule has 0 bridgehead atoms. The monoisotopic (exact) mass is 242 g/mol. The Hall–Kier alpha value is -1.60. The number of nitrogens with one attached hydrogen (secondary N) is 1. The van der Waals surface area contributed by atoms with E-state index < -0.39 is 0 Å². The number of aryl methyl sites for hydroxylation is 1. The minimum atomic E-state index is 0.677. The van der Waals surface area contributed by atoms with Crippen LogP contribution in [0.3, 0.4) is 0 Å². The molecule has 4 heteroatoms. The molecule has 4 nitrogen and oxygen atoms in total. The number of anilines is 1. The van der Waals surface area contributed by atoms with Crippen LogP contribution in [-0.4, -0.2) is 30.7 Å². The Bertz CT molecular complexity index is 491. The van der Waals surface area contributed by atoms with E-state index in [-0.39, 0.29) is 0 Å². The van der Waals surface area contributed by atoms with Gasteiger partial charge < -0.3 is 10.2 Å². The highest BCUT2D eigenvalue weighted by atomic mass is 15.2. The van der Waals surface area contributed by atoms with Crippen molar-refractivity contribution in [2.45, 2.75) is 25.8 Å². The molecule has 3 heterocycles. The third-order valence-electron chi connectivity index (χ3n) is 4.17. The van der Waals surface area contributed by atoms with Gasteiger partial charge in [-0.25, -0.2) is 4.98 Å². The second-order valence-electron chi connectivity index (χ2n) is 5.26. The second-order valence-corrected chi connectivity index (χ2v) is 5.26. The van der Waals surface area contributed by atoms with Crippen LogP contribution < -0.4 is 10.2 Å². The van der Waals surface area contributed by atoms with Crippen molar-refractivity contribution in [3.8, 4) is 6.07 Å². The molecule has 1 N–H and O–H groups in total. The lowest BCUT2D eigenvalue weighted by Gasteiger charge is -2.35. The Kier molecular flexibility index (Phi) is 2.92. The van der Waals surface area contributed by atoms with Gasteiger partial charge in [-0.05, 0) is 44.4 Å². The van der Waals surface area contributed by atoms with Crippen molar-refractivity contribution in [2.24, 2.45) is 5.92 Å². The van der Waals surface area contributed by atoms with Crippen molar-refractivity contribution < 1.29 is 0 Å². The lowest BCUT2D eigenvalue weighted by Crippen LogP contribution is -2.44. The van der Waals surface area contributed by atoms with Crippen LogP contribution >= 0.6 is 0 Å². The highest BCUT2D eigenvalue weighted by Gasteiger charge is 2.32. The summed E-state index contributed by atoms with van der Waals surface area (Å²) in [7, 11) is 0. The molecule has 0 radical (unpaired) electrons. The van der Waals surface area contributed by atoms with Crippen LogP contribution in [0.25, 0.3) is 0 Å². The molecule has 0 amide bonds. The van der Waals surface area contributed by atoms with E-state index in [9.17, 15) is 0 Å². The number of aromatic nitrogens is 1. The van der Waals surface area contributed by atoms with Crippen LogP contribution in [0.5, 0.6) is 0 Å². The Balaban J connectivity index is 1.79. The van der Waals surface area contributed by atoms with E-state index in [0.717, 1.165) is 37.1 Å². The average Bonchev–Trinajstić information content (AvgIpc) is 2.85. The van der Waals surface area contributed by atoms with Gasteiger partial charge in [0.05, 0.1) is 11.3 Å². The van der Waals surface area contributed by atoms with E-state index in [1.807, 2.05) is 19.1 Å². The molecule has 3 rings (SSSR count). The van der Waals surface area contributed by atoms with Crippen molar-refractivity contribution in [3.05, 3.63) is 23.4 Å². The highest BCUT2D eigenvalue weighted by Crippen LogP contribution is 2.27. The van der Waals surface area contributed by atoms with Crippen molar-refractivity contribution in [3.63, 3.8) is 0 Å². The quantitative estimate of drug-likeness (QED) is 0.810. The fourth-order valence-corrected chi connectivity index (χ4v) is 3.10. The SMILES string of the molecule is Cc1nc(N2CCC3NCCC3C2)ccc1C#N. The zero-order chi connectivity index (χ0) is 12.5. The Morgan fingerprint density at radius 1 is 1.44 bits per heavy atom. The molecule has 18 heavy (non-hydrogen) atoms. The largest absolute Gasteiger partial charge is 0.356 e. The first-order valence-electron chi connectivity index (χ1n) is 6.64. The highest BCUT2D eigenvalue weighted by molar-refractivity contribution is 5.45. The summed E-state index contributed by atoms with van der Waals surface area (Å²) >= 11 is 0. The van der Waals surface area contributed by atoms with Crippen LogP contribution in [0.1, 0.15) is 24.1 Å². The summed E-state index contributed by atoms with van der Waals surface area (Å²) in [6, 6.07) is 6.75. The molecule has 2 unspecified atom stereocenters. The van der Waals surface area contributed by atoms with Crippen LogP contribution in [0.4, 0.5) is 5.82 Å². The third-order valence-corrected chi connectivity index (χ3v) is 4.17. The molecule has 1 aromatic rings. The lowest BCUT2D eigenvalue weighted by atomic mass is 9.93. The summed E-state index contributed by atoms with van der Waals surface area (Å²) in [5.41, 5.74) is 1.51. The summed E-state index contributed by atoms with van der Waals surface area (Å²) < 4.78 is 0. The molecule has 2 aliphatic rings. The standard InChI is InChI=1S/C14H18N4/c1-10-11(8-15)2-3-14(17-10)18-7-5-13-12(9-18)4-6-16-13/h2-3,12-13,16H,4-7,9H2,1H3. The predicted octanol–water partition coefficient (Wildman–Crippen LogP) is 1.45. The third kappa shape index (κ3) is 1.95. The topological polar surface area (TPSA) is 52.0 Å². The number of hydrogen-bond acceptors (Lipinski definition) is 4. The molecule has 94 valence electrons. The van der Waals surface area contributed by atoms with Crippen LogP contribution in [0.2, 0.25) is 0 Å². The van der Waals surface area contributed by atoms with Gasteiger partial charge >= 0.3 is 0 Å². The Morgan fingerprint density at radius 2 is 2.33 bits per heavy atom. The smallest absolute Gasteiger partial charge is 0.128 e. The van der Waals surface area contributed by atoms with Gasteiger partial charge in [-0.15, -0.1) is 0 Å². The molecule has 0 aliphatic carbocycles. The summed E-state index contributed by atoms with van der Waals surface area (Å²) in [5, 5.41) is 12.5. The summed E-state index contributed by atoms with van der Waals surface area (Å²) in [6.45, 7) is 5.22.